The van der Waals surface area contributed by atoms with Crippen LogP contribution in [0.4, 0.5) is 0 Å². The Balaban J connectivity index is 2.52. The zero-order valence-corrected chi connectivity index (χ0v) is 9.63. The van der Waals surface area contributed by atoms with Gasteiger partial charge >= 0.3 is 0 Å². The number of unbranched alkanes of at least 4 members (excludes halogenated alkanes) is 1. The minimum atomic E-state index is 0.0980. The molecule has 0 bridgehead atoms. The highest BCUT2D eigenvalue weighted by molar-refractivity contribution is 9.10. The first-order valence-electron chi connectivity index (χ1n) is 4.68. The molecule has 0 amide bonds. The van der Waals surface area contributed by atoms with E-state index in [0.29, 0.717) is 0 Å². The number of hydrogen-bond acceptors (Lipinski definition) is 1. The van der Waals surface area contributed by atoms with E-state index in [2.05, 4.69) is 27.9 Å². The number of rotatable bonds is 4. The summed E-state index contributed by atoms with van der Waals surface area (Å²) in [4.78, 5) is 0. The van der Waals surface area contributed by atoms with Crippen molar-refractivity contribution in [2.24, 2.45) is 5.73 Å². The fraction of sp³-hybridized carbons (Fsp3) is 0.333. The van der Waals surface area contributed by atoms with E-state index in [1.807, 2.05) is 18.2 Å². The lowest BCUT2D eigenvalue weighted by Crippen LogP contribution is -2.09. The number of terminal acetylenes is 1. The summed E-state index contributed by atoms with van der Waals surface area (Å²) in [5, 5.41) is 0. The van der Waals surface area contributed by atoms with Gasteiger partial charge < -0.3 is 5.73 Å². The van der Waals surface area contributed by atoms with Crippen molar-refractivity contribution in [3.8, 4) is 12.3 Å². The van der Waals surface area contributed by atoms with Gasteiger partial charge in [0, 0.05) is 16.9 Å². The number of halogens is 1. The first-order valence-corrected chi connectivity index (χ1v) is 5.48. The summed E-state index contributed by atoms with van der Waals surface area (Å²) >= 11 is 3.42. The molecule has 14 heavy (non-hydrogen) atoms. The normalized spacial score (nSPS) is 12.1. The van der Waals surface area contributed by atoms with E-state index in [1.165, 1.54) is 0 Å². The molecular formula is C12H14BrN. The first kappa shape index (κ1) is 11.3. The largest absolute Gasteiger partial charge is 0.324 e. The molecule has 0 heterocycles. The van der Waals surface area contributed by atoms with Crippen LogP contribution < -0.4 is 5.73 Å². The SMILES string of the molecule is C#CCCCC(N)c1cccc(Br)c1. The highest BCUT2D eigenvalue weighted by Crippen LogP contribution is 2.20. The van der Waals surface area contributed by atoms with E-state index in [-0.39, 0.29) is 6.04 Å². The molecule has 1 atom stereocenters. The van der Waals surface area contributed by atoms with Crippen LogP contribution in [0.25, 0.3) is 0 Å². The summed E-state index contributed by atoms with van der Waals surface area (Å²) in [5.74, 6) is 2.62. The molecule has 0 aliphatic rings. The monoisotopic (exact) mass is 251 g/mol. The van der Waals surface area contributed by atoms with E-state index in [0.717, 1.165) is 29.3 Å². The number of nitrogens with two attached hydrogens (primary N) is 1. The maximum atomic E-state index is 6.02. The zero-order chi connectivity index (χ0) is 10.4. The van der Waals surface area contributed by atoms with Crippen LogP contribution in [0.1, 0.15) is 30.9 Å². The summed E-state index contributed by atoms with van der Waals surface area (Å²) in [6.07, 6.45) is 7.92. The Hall–Kier alpha value is -0.780. The van der Waals surface area contributed by atoms with Gasteiger partial charge in [-0.25, -0.2) is 0 Å². The molecule has 0 fully saturated rings. The fourth-order valence-electron chi connectivity index (χ4n) is 1.33. The molecule has 0 aromatic heterocycles. The third-order valence-electron chi connectivity index (χ3n) is 2.11. The highest BCUT2D eigenvalue weighted by atomic mass is 79.9. The van der Waals surface area contributed by atoms with Crippen LogP contribution in [-0.4, -0.2) is 0 Å². The molecule has 0 radical (unpaired) electrons. The Labute approximate surface area is 93.8 Å². The highest BCUT2D eigenvalue weighted by Gasteiger charge is 2.04. The van der Waals surface area contributed by atoms with Crippen molar-refractivity contribution >= 4 is 15.9 Å². The Kier molecular flexibility index (Phi) is 4.72. The summed E-state index contributed by atoms with van der Waals surface area (Å²) in [6.45, 7) is 0. The van der Waals surface area contributed by atoms with Crippen LogP contribution in [0.2, 0.25) is 0 Å². The van der Waals surface area contributed by atoms with Crippen molar-refractivity contribution in [3.63, 3.8) is 0 Å². The summed E-state index contributed by atoms with van der Waals surface area (Å²) in [7, 11) is 0. The average Bonchev–Trinajstić information content (AvgIpc) is 2.18. The molecule has 1 aromatic carbocycles. The number of benzene rings is 1. The topological polar surface area (TPSA) is 26.0 Å². The van der Waals surface area contributed by atoms with Gasteiger partial charge in [-0.2, -0.15) is 0 Å². The van der Waals surface area contributed by atoms with Gasteiger partial charge in [0.05, 0.1) is 0 Å². The van der Waals surface area contributed by atoms with E-state index < -0.39 is 0 Å². The summed E-state index contributed by atoms with van der Waals surface area (Å²) in [5.41, 5.74) is 7.18. The van der Waals surface area contributed by atoms with Gasteiger partial charge in [0.15, 0.2) is 0 Å². The van der Waals surface area contributed by atoms with Gasteiger partial charge in [-0.1, -0.05) is 28.1 Å². The maximum absolute atomic E-state index is 6.02. The van der Waals surface area contributed by atoms with Gasteiger partial charge in [-0.3, -0.25) is 0 Å². The molecule has 1 unspecified atom stereocenters. The molecule has 1 rings (SSSR count). The van der Waals surface area contributed by atoms with Gasteiger partial charge in [0.2, 0.25) is 0 Å². The summed E-state index contributed by atoms with van der Waals surface area (Å²) < 4.78 is 1.07. The maximum Gasteiger partial charge on any atom is 0.0295 e. The van der Waals surface area contributed by atoms with E-state index >= 15 is 0 Å². The molecule has 0 spiro atoms. The van der Waals surface area contributed by atoms with Crippen LogP contribution in [0.5, 0.6) is 0 Å². The Morgan fingerprint density at radius 2 is 2.29 bits per heavy atom. The van der Waals surface area contributed by atoms with Crippen molar-refractivity contribution in [1.29, 1.82) is 0 Å². The van der Waals surface area contributed by atoms with Crippen LogP contribution >= 0.6 is 15.9 Å². The Bertz CT molecular complexity index is 327. The van der Waals surface area contributed by atoms with Crippen LogP contribution in [0.15, 0.2) is 28.7 Å². The van der Waals surface area contributed by atoms with Gasteiger partial charge in [-0.05, 0) is 30.5 Å². The van der Waals surface area contributed by atoms with Crippen molar-refractivity contribution in [2.45, 2.75) is 25.3 Å². The Morgan fingerprint density at radius 3 is 2.93 bits per heavy atom. The molecule has 1 nitrogen and oxygen atoms in total. The minimum Gasteiger partial charge on any atom is -0.324 e. The van der Waals surface area contributed by atoms with Crippen molar-refractivity contribution in [1.82, 2.24) is 0 Å². The van der Waals surface area contributed by atoms with E-state index in [1.54, 1.807) is 0 Å². The molecule has 2 N–H and O–H groups in total. The molecular weight excluding hydrogens is 238 g/mol. The standard InChI is InChI=1S/C12H14BrN/c1-2-3-4-8-12(14)10-6-5-7-11(13)9-10/h1,5-7,9,12H,3-4,8,14H2. The zero-order valence-electron chi connectivity index (χ0n) is 8.04. The average molecular weight is 252 g/mol. The lowest BCUT2D eigenvalue weighted by molar-refractivity contribution is 0.621. The lowest BCUT2D eigenvalue weighted by Gasteiger charge is -2.11. The van der Waals surface area contributed by atoms with E-state index in [9.17, 15) is 0 Å². The quantitative estimate of drug-likeness (QED) is 0.646. The van der Waals surface area contributed by atoms with Crippen molar-refractivity contribution in [3.05, 3.63) is 34.3 Å². The third kappa shape index (κ3) is 3.53. The van der Waals surface area contributed by atoms with Gasteiger partial charge in [-0.15, -0.1) is 12.3 Å². The van der Waals surface area contributed by atoms with E-state index in [4.69, 9.17) is 12.2 Å². The second-order valence-electron chi connectivity index (χ2n) is 3.26. The van der Waals surface area contributed by atoms with Gasteiger partial charge in [0.1, 0.15) is 0 Å². The lowest BCUT2D eigenvalue weighted by atomic mass is 10.0. The predicted molar refractivity (Wildman–Crippen MR) is 63.8 cm³/mol. The van der Waals surface area contributed by atoms with Gasteiger partial charge in [0.25, 0.3) is 0 Å². The number of hydrogen-bond donors (Lipinski definition) is 1. The smallest absolute Gasteiger partial charge is 0.0295 e. The third-order valence-corrected chi connectivity index (χ3v) is 2.61. The van der Waals surface area contributed by atoms with Crippen LogP contribution in [0.3, 0.4) is 0 Å². The first-order chi connectivity index (χ1) is 6.74. The molecule has 2 heteroatoms. The molecule has 1 aromatic rings. The summed E-state index contributed by atoms with van der Waals surface area (Å²) in [6, 6.07) is 8.20. The van der Waals surface area contributed by atoms with Crippen molar-refractivity contribution < 1.29 is 0 Å². The molecule has 0 aliphatic heterocycles. The minimum absolute atomic E-state index is 0.0980. The van der Waals surface area contributed by atoms with Crippen LogP contribution in [-0.2, 0) is 0 Å². The second-order valence-corrected chi connectivity index (χ2v) is 4.17. The second kappa shape index (κ2) is 5.85. The predicted octanol–water partition coefficient (Wildman–Crippen LogP) is 3.25. The van der Waals surface area contributed by atoms with Crippen LogP contribution in [0, 0.1) is 12.3 Å². The molecule has 0 aliphatic carbocycles. The molecule has 74 valence electrons. The molecule has 0 saturated heterocycles. The Morgan fingerprint density at radius 1 is 1.50 bits per heavy atom. The van der Waals surface area contributed by atoms with Crippen molar-refractivity contribution in [2.75, 3.05) is 0 Å². The fourth-order valence-corrected chi connectivity index (χ4v) is 1.74. The molecule has 0 saturated carbocycles.